The molecule has 1 saturated heterocycles. The van der Waals surface area contributed by atoms with Crippen LogP contribution >= 0.6 is 0 Å². The topological polar surface area (TPSA) is 50.5 Å². The van der Waals surface area contributed by atoms with Crippen LogP contribution in [0.5, 0.6) is 0 Å². The molecule has 2 aliphatic rings. The lowest BCUT2D eigenvalue weighted by Gasteiger charge is -2.21. The van der Waals surface area contributed by atoms with Gasteiger partial charge in [0.05, 0.1) is 5.56 Å². The van der Waals surface area contributed by atoms with Crippen LogP contribution in [0.3, 0.4) is 0 Å². The van der Waals surface area contributed by atoms with E-state index in [1.165, 1.54) is 6.07 Å². The van der Waals surface area contributed by atoms with E-state index >= 15 is 0 Å². The molecule has 0 unspecified atom stereocenters. The number of carbonyl (C=O) groups is 1. The van der Waals surface area contributed by atoms with Gasteiger partial charge in [0.15, 0.2) is 5.65 Å². The molecule has 1 aromatic carbocycles. The fraction of sp³-hybridized carbons (Fsp3) is 0.409. The average molecular weight is 414 g/mol. The van der Waals surface area contributed by atoms with Crippen molar-refractivity contribution in [1.82, 2.24) is 19.5 Å². The Balaban J connectivity index is 1.33. The van der Waals surface area contributed by atoms with Crippen LogP contribution in [0.1, 0.15) is 46.1 Å². The molecule has 2 aromatic heterocycles. The SMILES string of the molecule is Cc1ccc2nnc(C(=O)N3C[C@H]4C[C@@H](c5ccccc5C(F)(F)F)C[C@H]4C3)n2c1. The van der Waals surface area contributed by atoms with Crippen molar-refractivity contribution in [2.24, 2.45) is 11.8 Å². The van der Waals surface area contributed by atoms with Crippen LogP contribution in [-0.2, 0) is 6.18 Å². The Labute approximate surface area is 171 Å². The standard InChI is InChI=1S/C22H21F3N4O/c1-13-6-7-19-26-27-20(29(19)10-13)21(30)28-11-15-8-14(9-16(15)12-28)17-4-2-3-5-18(17)22(23,24)25/h2-7,10,14-16H,8-9,11-12H2,1H3/t14-,15-,16+. The average Bonchev–Trinajstić information content (AvgIpc) is 3.39. The highest BCUT2D eigenvalue weighted by atomic mass is 19.4. The maximum absolute atomic E-state index is 13.4. The molecule has 3 heterocycles. The molecule has 30 heavy (non-hydrogen) atoms. The van der Waals surface area contributed by atoms with Gasteiger partial charge in [-0.15, -0.1) is 10.2 Å². The number of hydrogen-bond acceptors (Lipinski definition) is 3. The zero-order chi connectivity index (χ0) is 21.0. The van der Waals surface area contributed by atoms with Gasteiger partial charge in [0.25, 0.3) is 5.91 Å². The van der Waals surface area contributed by atoms with E-state index in [9.17, 15) is 18.0 Å². The number of likely N-dealkylation sites (tertiary alicyclic amines) is 1. The highest BCUT2D eigenvalue weighted by Gasteiger charge is 2.45. The summed E-state index contributed by atoms with van der Waals surface area (Å²) in [4.78, 5) is 14.8. The zero-order valence-electron chi connectivity index (χ0n) is 16.4. The normalized spacial score (nSPS) is 23.9. The second-order valence-corrected chi connectivity index (χ2v) is 8.44. The molecule has 0 N–H and O–H groups in total. The summed E-state index contributed by atoms with van der Waals surface area (Å²) >= 11 is 0. The van der Waals surface area contributed by atoms with E-state index in [0.29, 0.717) is 37.1 Å². The van der Waals surface area contributed by atoms with Crippen LogP contribution in [0.15, 0.2) is 42.6 Å². The molecule has 5 nitrogen and oxygen atoms in total. The Hall–Kier alpha value is -2.90. The van der Waals surface area contributed by atoms with Crippen molar-refractivity contribution in [1.29, 1.82) is 0 Å². The molecule has 0 spiro atoms. The maximum Gasteiger partial charge on any atom is 0.416 e. The Kier molecular flexibility index (Phi) is 4.34. The summed E-state index contributed by atoms with van der Waals surface area (Å²) in [7, 11) is 0. The summed E-state index contributed by atoms with van der Waals surface area (Å²) in [6, 6.07) is 9.61. The number of fused-ring (bicyclic) bond motifs is 2. The lowest BCUT2D eigenvalue weighted by atomic mass is 9.91. The number of carbonyl (C=O) groups excluding carboxylic acids is 1. The lowest BCUT2D eigenvalue weighted by molar-refractivity contribution is -0.138. The van der Waals surface area contributed by atoms with E-state index in [1.54, 1.807) is 21.4 Å². The first kappa shape index (κ1) is 19.1. The van der Waals surface area contributed by atoms with Crippen molar-refractivity contribution in [3.8, 4) is 0 Å². The lowest BCUT2D eigenvalue weighted by Crippen LogP contribution is -2.31. The van der Waals surface area contributed by atoms with Gasteiger partial charge in [-0.05, 0) is 60.8 Å². The first-order valence-electron chi connectivity index (χ1n) is 10.1. The number of nitrogens with zero attached hydrogens (tertiary/aromatic N) is 4. The number of aryl methyl sites for hydroxylation is 1. The highest BCUT2D eigenvalue weighted by Crippen LogP contribution is 2.49. The third-order valence-electron chi connectivity index (χ3n) is 6.49. The minimum absolute atomic E-state index is 0.119. The largest absolute Gasteiger partial charge is 0.416 e. The second-order valence-electron chi connectivity index (χ2n) is 8.44. The molecule has 3 atom stereocenters. The molecule has 3 aromatic rings. The van der Waals surface area contributed by atoms with Crippen LogP contribution in [0.25, 0.3) is 5.65 Å². The molecule has 8 heteroatoms. The molecule has 156 valence electrons. The Bertz CT molecular complexity index is 1110. The number of amides is 1. The van der Waals surface area contributed by atoms with Gasteiger partial charge in [0, 0.05) is 19.3 Å². The summed E-state index contributed by atoms with van der Waals surface area (Å²) in [5, 5.41) is 8.14. The molecule has 0 bridgehead atoms. The number of aromatic nitrogens is 3. The first-order chi connectivity index (χ1) is 14.3. The van der Waals surface area contributed by atoms with E-state index in [-0.39, 0.29) is 29.5 Å². The molecular formula is C22H21F3N4O. The van der Waals surface area contributed by atoms with Crippen molar-refractivity contribution in [2.75, 3.05) is 13.1 Å². The van der Waals surface area contributed by atoms with Crippen molar-refractivity contribution >= 4 is 11.6 Å². The minimum Gasteiger partial charge on any atom is -0.335 e. The van der Waals surface area contributed by atoms with Crippen LogP contribution in [0.4, 0.5) is 13.2 Å². The van der Waals surface area contributed by atoms with E-state index < -0.39 is 11.7 Å². The smallest absolute Gasteiger partial charge is 0.335 e. The van der Waals surface area contributed by atoms with E-state index in [0.717, 1.165) is 11.6 Å². The Morgan fingerprint density at radius 1 is 1.03 bits per heavy atom. The molecule has 0 radical (unpaired) electrons. The molecule has 2 fully saturated rings. The predicted octanol–water partition coefficient (Wildman–Crippen LogP) is 4.32. The maximum atomic E-state index is 13.4. The highest BCUT2D eigenvalue weighted by molar-refractivity contribution is 5.91. The van der Waals surface area contributed by atoms with Crippen LogP contribution in [0.2, 0.25) is 0 Å². The molecule has 1 amide bonds. The number of halogens is 3. The van der Waals surface area contributed by atoms with Gasteiger partial charge in [-0.25, -0.2) is 0 Å². The van der Waals surface area contributed by atoms with E-state index in [2.05, 4.69) is 10.2 Å². The predicted molar refractivity (Wildman–Crippen MR) is 104 cm³/mol. The first-order valence-corrected chi connectivity index (χ1v) is 10.1. The van der Waals surface area contributed by atoms with Gasteiger partial charge in [0.1, 0.15) is 0 Å². The second kappa shape index (κ2) is 6.82. The van der Waals surface area contributed by atoms with E-state index in [4.69, 9.17) is 0 Å². The Morgan fingerprint density at radius 2 is 1.73 bits per heavy atom. The summed E-state index contributed by atoms with van der Waals surface area (Å²) in [5.41, 5.74) is 1.47. The van der Waals surface area contributed by atoms with Gasteiger partial charge >= 0.3 is 6.18 Å². The fourth-order valence-electron chi connectivity index (χ4n) is 5.12. The number of hydrogen-bond donors (Lipinski definition) is 0. The van der Waals surface area contributed by atoms with Crippen molar-refractivity contribution < 1.29 is 18.0 Å². The number of alkyl halides is 3. The molecular weight excluding hydrogens is 393 g/mol. The summed E-state index contributed by atoms with van der Waals surface area (Å²) < 4.78 is 41.9. The van der Waals surface area contributed by atoms with Crippen LogP contribution < -0.4 is 0 Å². The van der Waals surface area contributed by atoms with Gasteiger partial charge in [0.2, 0.25) is 5.82 Å². The summed E-state index contributed by atoms with van der Waals surface area (Å²) in [6.07, 6.45) is -1.17. The van der Waals surface area contributed by atoms with Crippen LogP contribution in [-0.4, -0.2) is 38.5 Å². The summed E-state index contributed by atoms with van der Waals surface area (Å²) in [6.45, 7) is 3.04. The van der Waals surface area contributed by atoms with E-state index in [1.807, 2.05) is 25.3 Å². The quantitative estimate of drug-likeness (QED) is 0.628. The third-order valence-corrected chi connectivity index (χ3v) is 6.49. The molecule has 1 aliphatic carbocycles. The molecule has 5 rings (SSSR count). The van der Waals surface area contributed by atoms with Crippen molar-refractivity contribution in [2.45, 2.75) is 31.9 Å². The van der Waals surface area contributed by atoms with Crippen LogP contribution in [0, 0.1) is 18.8 Å². The number of pyridine rings is 1. The minimum atomic E-state index is -4.34. The Morgan fingerprint density at radius 3 is 2.43 bits per heavy atom. The van der Waals surface area contributed by atoms with Crippen molar-refractivity contribution in [3.05, 3.63) is 65.1 Å². The van der Waals surface area contributed by atoms with Gasteiger partial charge in [-0.3, -0.25) is 9.20 Å². The third kappa shape index (κ3) is 3.14. The fourth-order valence-corrected chi connectivity index (χ4v) is 5.12. The van der Waals surface area contributed by atoms with Gasteiger partial charge in [-0.1, -0.05) is 24.3 Å². The molecule has 1 aliphatic heterocycles. The van der Waals surface area contributed by atoms with Crippen molar-refractivity contribution in [3.63, 3.8) is 0 Å². The monoisotopic (exact) mass is 414 g/mol. The van der Waals surface area contributed by atoms with Gasteiger partial charge in [-0.2, -0.15) is 13.2 Å². The molecule has 1 saturated carbocycles. The number of rotatable bonds is 2. The van der Waals surface area contributed by atoms with Gasteiger partial charge < -0.3 is 4.90 Å². The zero-order valence-corrected chi connectivity index (χ0v) is 16.4. The number of benzene rings is 1. The summed E-state index contributed by atoms with van der Waals surface area (Å²) in [5.74, 6) is 0.413.